The molecule has 3 aromatic carbocycles. The number of carbonyl (C=O) groups excluding carboxylic acids is 2. The Hall–Kier alpha value is -5.92. The van der Waals surface area contributed by atoms with Crippen LogP contribution in [0.5, 0.6) is 5.75 Å². The lowest BCUT2D eigenvalue weighted by Crippen LogP contribution is -2.61. The van der Waals surface area contributed by atoms with Gasteiger partial charge in [-0.25, -0.2) is 15.0 Å². The number of benzene rings is 3. The molecule has 6 aromatic rings. The number of anilines is 1. The molecule has 2 aliphatic rings. The summed E-state index contributed by atoms with van der Waals surface area (Å²) in [7, 11) is 1.63. The third kappa shape index (κ3) is 7.90. The Morgan fingerprint density at radius 2 is 1.63 bits per heavy atom. The number of hydrogen-bond donors (Lipinski definition) is 2. The maximum Gasteiger partial charge on any atom is 0.279 e. The average molecular weight is 784 g/mol. The molecule has 2 fully saturated rings. The normalized spacial score (nSPS) is 18.8. The fourth-order valence-electron chi connectivity index (χ4n) is 7.96. The van der Waals surface area contributed by atoms with Crippen LogP contribution in [-0.4, -0.2) is 85.1 Å². The molecule has 57 heavy (non-hydrogen) atoms. The molecule has 2 amide bonds. The molecular weight excluding hydrogens is 739 g/mol. The van der Waals surface area contributed by atoms with Crippen molar-refractivity contribution in [2.75, 3.05) is 38.6 Å². The number of thiazole rings is 1. The van der Waals surface area contributed by atoms with Crippen LogP contribution in [0.1, 0.15) is 51.7 Å². The van der Waals surface area contributed by atoms with E-state index in [1.54, 1.807) is 33.9 Å². The maximum absolute atomic E-state index is 14.4. The summed E-state index contributed by atoms with van der Waals surface area (Å²) in [4.78, 5) is 59.9. The van der Waals surface area contributed by atoms with Crippen LogP contribution in [0.3, 0.4) is 0 Å². The summed E-state index contributed by atoms with van der Waals surface area (Å²) in [5.74, 6) is 0.425. The number of nitrogens with one attached hydrogen (secondary N) is 1. The number of aryl methyl sites for hydroxylation is 1. The Morgan fingerprint density at radius 3 is 2.35 bits per heavy atom. The van der Waals surface area contributed by atoms with Gasteiger partial charge < -0.3 is 25.0 Å². The number of nitrogens with zero attached hydrogens (tertiary/aromatic N) is 6. The number of piperidine rings is 2. The third-order valence-electron chi connectivity index (χ3n) is 11.3. The van der Waals surface area contributed by atoms with Gasteiger partial charge in [-0.05, 0) is 61.1 Å². The monoisotopic (exact) mass is 783 g/mol. The average Bonchev–Trinajstić information content (AvgIpc) is 3.66. The highest BCUT2D eigenvalue weighted by Gasteiger charge is 2.51. The number of pyridine rings is 1. The van der Waals surface area contributed by atoms with E-state index in [0.29, 0.717) is 66.4 Å². The van der Waals surface area contributed by atoms with E-state index in [2.05, 4.69) is 15.3 Å². The van der Waals surface area contributed by atoms with Gasteiger partial charge in [-0.1, -0.05) is 72.8 Å². The first kappa shape index (κ1) is 38.0. The number of carbonyl (C=O) groups is 2. The van der Waals surface area contributed by atoms with Gasteiger partial charge in [-0.15, -0.1) is 11.3 Å². The minimum absolute atomic E-state index is 0.114. The largest absolute Gasteiger partial charge is 0.497 e. The molecule has 0 bridgehead atoms. The van der Waals surface area contributed by atoms with E-state index in [9.17, 15) is 19.5 Å². The van der Waals surface area contributed by atoms with Crippen LogP contribution in [0.2, 0.25) is 0 Å². The van der Waals surface area contributed by atoms with Gasteiger partial charge >= 0.3 is 0 Å². The number of likely N-dealkylation sites (tertiary alicyclic amines) is 2. The van der Waals surface area contributed by atoms with E-state index in [1.807, 2.05) is 97.9 Å². The predicted octanol–water partition coefficient (Wildman–Crippen LogP) is 6.14. The molecule has 0 radical (unpaired) electrons. The van der Waals surface area contributed by atoms with Crippen molar-refractivity contribution >= 4 is 40.0 Å². The maximum atomic E-state index is 14.4. The van der Waals surface area contributed by atoms with E-state index >= 15 is 0 Å². The van der Waals surface area contributed by atoms with Crippen molar-refractivity contribution in [2.45, 2.75) is 50.8 Å². The van der Waals surface area contributed by atoms with Crippen LogP contribution in [0.15, 0.2) is 108 Å². The summed E-state index contributed by atoms with van der Waals surface area (Å²) in [6.45, 7) is 4.17. The molecule has 0 aliphatic carbocycles. The first-order chi connectivity index (χ1) is 27.7. The van der Waals surface area contributed by atoms with E-state index in [0.717, 1.165) is 27.4 Å². The number of amides is 2. The summed E-state index contributed by atoms with van der Waals surface area (Å²) in [5, 5.41) is 16.4. The van der Waals surface area contributed by atoms with Crippen molar-refractivity contribution < 1.29 is 19.4 Å². The lowest BCUT2D eigenvalue weighted by Gasteiger charge is -2.46. The van der Waals surface area contributed by atoms with Gasteiger partial charge in [0.05, 0.1) is 24.6 Å². The molecule has 3 aromatic heterocycles. The molecule has 2 saturated heterocycles. The number of ether oxygens (including phenoxy) is 1. The standard InChI is InChI=1S/C44H45N7O5S/c1-29-39(57-40(47-29)33-11-7-4-8-12-33)42(53)50-24-21-44(55,35(27-50)32-9-5-3-6-10-32)43(54)49-22-19-31(20-23-49)26-51-28-46-36-17-18-37(48-38(36)41(51)52)45-25-30-13-15-34(56-2)16-14-30/h3-18,28,31,35,55H,19-27H2,1-2H3,(H,45,48). The molecule has 0 spiro atoms. The molecule has 2 aliphatic heterocycles. The minimum atomic E-state index is -1.69. The summed E-state index contributed by atoms with van der Waals surface area (Å²) in [5.41, 5.74) is 2.41. The van der Waals surface area contributed by atoms with Gasteiger partial charge in [0, 0.05) is 57.2 Å². The molecule has 0 saturated carbocycles. The van der Waals surface area contributed by atoms with E-state index in [-0.39, 0.29) is 42.8 Å². The van der Waals surface area contributed by atoms with Crippen LogP contribution in [-0.2, 0) is 17.9 Å². The molecule has 2 atom stereocenters. The predicted molar refractivity (Wildman–Crippen MR) is 220 cm³/mol. The summed E-state index contributed by atoms with van der Waals surface area (Å²) in [6, 6.07) is 30.7. The van der Waals surface area contributed by atoms with Gasteiger partial charge in [-0.3, -0.25) is 19.0 Å². The molecule has 5 heterocycles. The van der Waals surface area contributed by atoms with Crippen LogP contribution in [0, 0.1) is 12.8 Å². The van der Waals surface area contributed by atoms with Gasteiger partial charge in [0.25, 0.3) is 17.4 Å². The van der Waals surface area contributed by atoms with Gasteiger partial charge in [0.2, 0.25) is 0 Å². The Bertz CT molecular complexity index is 2430. The highest BCUT2D eigenvalue weighted by molar-refractivity contribution is 7.17. The molecular formula is C44H45N7O5S. The van der Waals surface area contributed by atoms with Crippen molar-refractivity contribution in [3.63, 3.8) is 0 Å². The number of hydrogen-bond acceptors (Lipinski definition) is 10. The minimum Gasteiger partial charge on any atom is -0.497 e. The topological polar surface area (TPSA) is 143 Å². The van der Waals surface area contributed by atoms with Crippen LogP contribution >= 0.6 is 11.3 Å². The summed E-state index contributed by atoms with van der Waals surface area (Å²) >= 11 is 1.37. The smallest absolute Gasteiger partial charge is 0.279 e. The van der Waals surface area contributed by atoms with E-state index in [1.165, 1.54) is 11.3 Å². The zero-order valence-electron chi connectivity index (χ0n) is 32.0. The fraction of sp³-hybridized carbons (Fsp3) is 0.318. The summed E-state index contributed by atoms with van der Waals surface area (Å²) in [6.07, 6.45) is 3.02. The first-order valence-corrected chi connectivity index (χ1v) is 20.1. The first-order valence-electron chi connectivity index (χ1n) is 19.3. The zero-order chi connectivity index (χ0) is 39.5. The number of methoxy groups -OCH3 is 1. The van der Waals surface area contributed by atoms with Crippen molar-refractivity contribution in [3.8, 4) is 16.3 Å². The van der Waals surface area contributed by atoms with E-state index < -0.39 is 11.5 Å². The molecule has 8 rings (SSSR count). The zero-order valence-corrected chi connectivity index (χ0v) is 32.8. The van der Waals surface area contributed by atoms with Crippen molar-refractivity contribution in [1.82, 2.24) is 29.3 Å². The molecule has 12 nitrogen and oxygen atoms in total. The molecule has 2 unspecified atom stereocenters. The van der Waals surface area contributed by atoms with Gasteiger partial charge in [-0.2, -0.15) is 0 Å². The lowest BCUT2D eigenvalue weighted by molar-refractivity contribution is -0.160. The van der Waals surface area contributed by atoms with Crippen molar-refractivity contribution in [2.24, 2.45) is 5.92 Å². The van der Waals surface area contributed by atoms with Gasteiger partial charge in [0.1, 0.15) is 21.5 Å². The highest BCUT2D eigenvalue weighted by Crippen LogP contribution is 2.40. The number of fused-ring (bicyclic) bond motifs is 1. The Kier molecular flexibility index (Phi) is 10.8. The third-order valence-corrected chi connectivity index (χ3v) is 12.5. The number of rotatable bonds is 10. The lowest BCUT2D eigenvalue weighted by atomic mass is 9.75. The summed E-state index contributed by atoms with van der Waals surface area (Å²) < 4.78 is 6.86. The van der Waals surface area contributed by atoms with Crippen molar-refractivity contribution in [1.29, 1.82) is 0 Å². The second kappa shape index (κ2) is 16.3. The van der Waals surface area contributed by atoms with Crippen LogP contribution in [0.4, 0.5) is 5.82 Å². The van der Waals surface area contributed by atoms with Crippen molar-refractivity contribution in [3.05, 3.63) is 135 Å². The Labute approximate surface area is 334 Å². The SMILES string of the molecule is COc1ccc(CNc2ccc3ncn(CC4CCN(C(=O)C5(O)CCN(C(=O)c6sc(-c7ccccc7)nc6C)CC5c5ccccc5)CC4)c(=O)c3n2)cc1. The van der Waals surface area contributed by atoms with Crippen LogP contribution < -0.4 is 15.6 Å². The number of aliphatic hydroxyl groups is 1. The molecule has 292 valence electrons. The second-order valence-electron chi connectivity index (χ2n) is 14.9. The Balaban J connectivity index is 0.927. The number of aromatic nitrogens is 4. The Morgan fingerprint density at radius 1 is 0.912 bits per heavy atom. The quantitative estimate of drug-likeness (QED) is 0.168. The van der Waals surface area contributed by atoms with E-state index in [4.69, 9.17) is 9.72 Å². The molecule has 13 heteroatoms. The fourth-order valence-corrected chi connectivity index (χ4v) is 9.00. The van der Waals surface area contributed by atoms with Gasteiger partial charge in [0.15, 0.2) is 11.1 Å². The van der Waals surface area contributed by atoms with Crippen LogP contribution in [0.25, 0.3) is 21.6 Å². The molecule has 2 N–H and O–H groups in total. The highest BCUT2D eigenvalue weighted by atomic mass is 32.1. The second-order valence-corrected chi connectivity index (χ2v) is 15.9.